The van der Waals surface area contributed by atoms with Gasteiger partial charge in [0.15, 0.2) is 0 Å². The minimum absolute atomic E-state index is 0.139. The zero-order valence-corrected chi connectivity index (χ0v) is 15.7. The van der Waals surface area contributed by atoms with Crippen molar-refractivity contribution in [1.82, 2.24) is 5.32 Å². The fourth-order valence-corrected chi connectivity index (χ4v) is 4.91. The molecule has 2 aliphatic rings. The molecule has 0 aromatic heterocycles. The molecule has 1 saturated heterocycles. The van der Waals surface area contributed by atoms with Crippen LogP contribution in [0.4, 0.5) is 0 Å². The van der Waals surface area contributed by atoms with Gasteiger partial charge < -0.3 is 5.11 Å². The van der Waals surface area contributed by atoms with Gasteiger partial charge in [-0.1, -0.05) is 61.8 Å². The highest BCUT2D eigenvalue weighted by Gasteiger charge is 2.51. The van der Waals surface area contributed by atoms with E-state index < -0.39 is 6.23 Å². The predicted molar refractivity (Wildman–Crippen MR) is 97.4 cm³/mol. The molecule has 0 bridgehead atoms. The lowest BCUT2D eigenvalue weighted by Crippen LogP contribution is -2.40. The smallest absolute Gasteiger partial charge is 0.127 e. The highest BCUT2D eigenvalue weighted by atomic mass is 127. The Morgan fingerprint density at radius 1 is 1.60 bits per heavy atom. The molecular weight excluding hydrogens is 381 g/mol. The molecule has 0 aromatic rings. The number of thiol groups is 1. The topological polar surface area (TPSA) is 32.3 Å². The van der Waals surface area contributed by atoms with E-state index in [0.29, 0.717) is 9.34 Å². The maximum Gasteiger partial charge on any atom is 0.127 e. The summed E-state index contributed by atoms with van der Waals surface area (Å²) in [6, 6.07) is 0. The summed E-state index contributed by atoms with van der Waals surface area (Å²) in [5.74, 6) is 1.49. The van der Waals surface area contributed by atoms with Crippen molar-refractivity contribution in [3.63, 3.8) is 0 Å². The van der Waals surface area contributed by atoms with Crippen molar-refractivity contribution in [2.75, 3.05) is 0 Å². The summed E-state index contributed by atoms with van der Waals surface area (Å²) in [6.07, 6.45) is 10.5. The van der Waals surface area contributed by atoms with Crippen molar-refractivity contribution < 1.29 is 5.11 Å². The average Bonchev–Trinajstić information content (AvgIpc) is 3.00. The fourth-order valence-electron chi connectivity index (χ4n) is 3.23. The van der Waals surface area contributed by atoms with E-state index in [9.17, 15) is 5.11 Å². The Morgan fingerprint density at radius 3 is 3.00 bits per heavy atom. The van der Waals surface area contributed by atoms with E-state index in [1.165, 1.54) is 37.7 Å². The number of halogens is 1. The molecule has 2 nitrogen and oxygen atoms in total. The third kappa shape index (κ3) is 4.62. The van der Waals surface area contributed by atoms with Crippen LogP contribution in [0.5, 0.6) is 0 Å². The minimum Gasteiger partial charge on any atom is -0.375 e. The van der Waals surface area contributed by atoms with Gasteiger partial charge in [0, 0.05) is 3.42 Å². The summed E-state index contributed by atoms with van der Waals surface area (Å²) in [6.45, 7) is 4.66. The molecule has 4 heteroatoms. The second-order valence-electron chi connectivity index (χ2n) is 6.66. The minimum atomic E-state index is -0.481. The normalized spacial score (nSPS) is 40.9. The number of nitrogens with one attached hydrogen (secondary N) is 1. The molecule has 5 atom stereocenters. The van der Waals surface area contributed by atoms with E-state index >= 15 is 0 Å². The van der Waals surface area contributed by atoms with Crippen molar-refractivity contribution in [3.05, 3.63) is 11.6 Å². The highest BCUT2D eigenvalue weighted by Crippen LogP contribution is 2.57. The number of hydrogen-bond donors (Lipinski definition) is 3. The molecular formula is C16H28INOS. The van der Waals surface area contributed by atoms with Gasteiger partial charge >= 0.3 is 0 Å². The summed E-state index contributed by atoms with van der Waals surface area (Å²) in [5.41, 5.74) is 1.18. The van der Waals surface area contributed by atoms with Gasteiger partial charge in [-0.2, -0.15) is 12.6 Å². The fraction of sp³-hybridized carbons (Fsp3) is 0.875. The summed E-state index contributed by atoms with van der Waals surface area (Å²) < 4.78 is 0.454. The first-order chi connectivity index (χ1) is 9.44. The SMILES string of the molecule is CCCC[C@@H](C)CC1(I)CC1/C=C1/CCC(S)N[C@H]1O. The number of hydrogen-bond acceptors (Lipinski definition) is 3. The van der Waals surface area contributed by atoms with Crippen molar-refractivity contribution in [3.8, 4) is 0 Å². The molecule has 2 fully saturated rings. The van der Waals surface area contributed by atoms with Gasteiger partial charge in [0.05, 0.1) is 5.37 Å². The zero-order valence-electron chi connectivity index (χ0n) is 12.6. The van der Waals surface area contributed by atoms with Crippen LogP contribution in [-0.2, 0) is 0 Å². The Hall–Kier alpha value is 0.740. The number of aliphatic hydroxyl groups excluding tert-OH is 1. The summed E-state index contributed by atoms with van der Waals surface area (Å²) in [7, 11) is 0. The van der Waals surface area contributed by atoms with Crippen LogP contribution < -0.4 is 5.32 Å². The van der Waals surface area contributed by atoms with Crippen LogP contribution in [0.2, 0.25) is 0 Å². The molecule has 116 valence electrons. The Balaban J connectivity index is 1.84. The molecule has 2 rings (SSSR count). The molecule has 0 spiro atoms. The van der Waals surface area contributed by atoms with E-state index in [-0.39, 0.29) is 5.37 Å². The first kappa shape index (κ1) is 17.1. The lowest BCUT2D eigenvalue weighted by atomic mass is 9.96. The maximum atomic E-state index is 10.1. The van der Waals surface area contributed by atoms with Gasteiger partial charge in [0.25, 0.3) is 0 Å². The van der Waals surface area contributed by atoms with E-state index in [1.807, 2.05) is 0 Å². The molecule has 0 amide bonds. The number of allylic oxidation sites excluding steroid dienone is 1. The van der Waals surface area contributed by atoms with Gasteiger partial charge in [-0.05, 0) is 43.1 Å². The van der Waals surface area contributed by atoms with Gasteiger partial charge in [-0.3, -0.25) is 5.32 Å². The van der Waals surface area contributed by atoms with Crippen LogP contribution in [0.15, 0.2) is 11.6 Å². The lowest BCUT2D eigenvalue weighted by molar-refractivity contribution is 0.149. The first-order valence-corrected chi connectivity index (χ1v) is 9.56. The molecule has 2 N–H and O–H groups in total. The highest BCUT2D eigenvalue weighted by molar-refractivity contribution is 14.1. The van der Waals surface area contributed by atoms with E-state index in [4.69, 9.17) is 0 Å². The number of unbranched alkanes of at least 4 members (excludes halogenated alkanes) is 1. The van der Waals surface area contributed by atoms with Crippen molar-refractivity contribution in [2.24, 2.45) is 11.8 Å². The summed E-state index contributed by atoms with van der Waals surface area (Å²) in [4.78, 5) is 0. The molecule has 1 aliphatic carbocycles. The van der Waals surface area contributed by atoms with E-state index in [2.05, 4.69) is 60.5 Å². The molecule has 1 heterocycles. The number of piperidine rings is 1. The second kappa shape index (κ2) is 7.34. The Morgan fingerprint density at radius 2 is 2.35 bits per heavy atom. The molecule has 0 aromatic carbocycles. The molecule has 20 heavy (non-hydrogen) atoms. The van der Waals surface area contributed by atoms with Crippen LogP contribution >= 0.6 is 35.2 Å². The quantitative estimate of drug-likeness (QED) is 0.265. The van der Waals surface area contributed by atoms with Gasteiger partial charge in [-0.15, -0.1) is 0 Å². The molecule has 1 saturated carbocycles. The monoisotopic (exact) mass is 409 g/mol. The van der Waals surface area contributed by atoms with Crippen LogP contribution in [0.3, 0.4) is 0 Å². The third-order valence-corrected chi connectivity index (χ3v) is 6.71. The van der Waals surface area contributed by atoms with Crippen molar-refractivity contribution >= 4 is 35.2 Å². The van der Waals surface area contributed by atoms with Crippen LogP contribution in [0.25, 0.3) is 0 Å². The average molecular weight is 409 g/mol. The zero-order chi connectivity index (χ0) is 14.8. The largest absolute Gasteiger partial charge is 0.375 e. The molecule has 1 aliphatic heterocycles. The predicted octanol–water partition coefficient (Wildman–Crippen LogP) is 4.28. The second-order valence-corrected chi connectivity index (χ2v) is 9.43. The van der Waals surface area contributed by atoms with Crippen molar-refractivity contribution in [1.29, 1.82) is 0 Å². The van der Waals surface area contributed by atoms with Crippen LogP contribution in [0.1, 0.15) is 58.8 Å². The van der Waals surface area contributed by atoms with Gasteiger partial charge in [0.2, 0.25) is 0 Å². The van der Waals surface area contributed by atoms with E-state index in [0.717, 1.165) is 18.8 Å². The Kier molecular flexibility index (Phi) is 6.27. The number of alkyl halides is 1. The van der Waals surface area contributed by atoms with Gasteiger partial charge in [-0.25, -0.2) is 0 Å². The van der Waals surface area contributed by atoms with Gasteiger partial charge in [0.1, 0.15) is 6.23 Å². The standard InChI is InChI=1S/C16H28INOS/c1-3-4-5-11(2)9-16(17)10-13(16)8-12-6-7-14(20)18-15(12)19/h8,11,13-15,18-20H,3-7,9-10H2,1-2H3/b12-8-/t11-,13?,14?,15+,16?/m1/s1. The Labute approximate surface area is 142 Å². The molecule has 0 radical (unpaired) electrons. The summed E-state index contributed by atoms with van der Waals surface area (Å²) in [5, 5.41) is 13.3. The van der Waals surface area contributed by atoms with E-state index in [1.54, 1.807) is 0 Å². The first-order valence-electron chi connectivity index (χ1n) is 7.96. The number of rotatable bonds is 6. The van der Waals surface area contributed by atoms with Crippen molar-refractivity contribution in [2.45, 2.75) is 73.8 Å². The van der Waals surface area contributed by atoms with Crippen LogP contribution in [-0.4, -0.2) is 20.1 Å². The summed E-state index contributed by atoms with van der Waals surface area (Å²) >= 11 is 7.04. The maximum absolute atomic E-state index is 10.1. The molecule has 3 unspecified atom stereocenters. The lowest BCUT2D eigenvalue weighted by Gasteiger charge is -2.27. The number of aliphatic hydroxyl groups is 1. The Bertz CT molecular complexity index is 362. The van der Waals surface area contributed by atoms with Crippen LogP contribution in [0, 0.1) is 11.8 Å². The third-order valence-electron chi connectivity index (χ3n) is 4.63.